The topological polar surface area (TPSA) is 58.2 Å². The number of amides is 2. The van der Waals surface area contributed by atoms with Crippen LogP contribution < -0.4 is 10.6 Å². The minimum atomic E-state index is -4.99. The lowest BCUT2D eigenvalue weighted by Crippen LogP contribution is -2.21. The molecule has 0 bridgehead atoms. The van der Waals surface area contributed by atoms with Crippen molar-refractivity contribution in [3.05, 3.63) is 86.5 Å². The Morgan fingerprint density at radius 1 is 0.714 bits per heavy atom. The van der Waals surface area contributed by atoms with Gasteiger partial charge in [-0.3, -0.25) is 9.59 Å². The molecule has 4 nitrogen and oxygen atoms in total. The predicted octanol–water partition coefficient (Wildman–Crippen LogP) is 7.37. The van der Waals surface area contributed by atoms with Crippen LogP contribution in [0.2, 0.25) is 0 Å². The molecule has 3 aromatic rings. The Hall–Kier alpha value is -2.36. The standard InChI is InChI=1S/C23H14F6I2N2O2/c24-22(25,26)18-9-14(31)5-7-16(18)17-8-6-15(10-19(17)23(27,28)29)33-21(35)13-3-1-12(2-4-13)20(34)32-11-30/h1-10H,11H2,(H,32,34)(H,33,35). The van der Waals surface area contributed by atoms with Gasteiger partial charge in [0, 0.05) is 20.4 Å². The summed E-state index contributed by atoms with van der Waals surface area (Å²) >= 11 is 3.60. The van der Waals surface area contributed by atoms with E-state index in [9.17, 15) is 35.9 Å². The van der Waals surface area contributed by atoms with Crippen LogP contribution in [0.4, 0.5) is 32.0 Å². The van der Waals surface area contributed by atoms with E-state index in [2.05, 4.69) is 10.6 Å². The fraction of sp³-hybridized carbons (Fsp3) is 0.130. The zero-order chi connectivity index (χ0) is 26.0. The van der Waals surface area contributed by atoms with Crippen LogP contribution in [-0.4, -0.2) is 16.4 Å². The van der Waals surface area contributed by atoms with E-state index in [-0.39, 0.29) is 20.7 Å². The molecule has 3 rings (SSSR count). The molecule has 0 fully saturated rings. The van der Waals surface area contributed by atoms with Gasteiger partial charge in [-0.25, -0.2) is 0 Å². The van der Waals surface area contributed by atoms with Crippen molar-refractivity contribution in [2.24, 2.45) is 0 Å². The van der Waals surface area contributed by atoms with E-state index < -0.39 is 40.5 Å². The molecule has 0 atom stereocenters. The molecular weight excluding hydrogens is 704 g/mol. The molecule has 0 saturated carbocycles. The van der Waals surface area contributed by atoms with Gasteiger partial charge in [-0.15, -0.1) is 0 Å². The maximum Gasteiger partial charge on any atom is 0.417 e. The quantitative estimate of drug-likeness (QED) is 0.125. The van der Waals surface area contributed by atoms with Crippen molar-refractivity contribution in [2.45, 2.75) is 12.4 Å². The number of hydrogen-bond acceptors (Lipinski definition) is 2. The maximum atomic E-state index is 13.8. The number of halogens is 8. The summed E-state index contributed by atoms with van der Waals surface area (Å²) in [6, 6.07) is 11.1. The second-order valence-electron chi connectivity index (χ2n) is 7.12. The number of anilines is 1. The molecule has 2 amide bonds. The molecule has 0 saturated heterocycles. The number of carbonyl (C=O) groups is 2. The summed E-state index contributed by atoms with van der Waals surface area (Å²) in [7, 11) is 0. The highest BCUT2D eigenvalue weighted by molar-refractivity contribution is 14.1. The van der Waals surface area contributed by atoms with Gasteiger partial charge in [0.25, 0.3) is 11.8 Å². The minimum Gasteiger partial charge on any atom is -0.343 e. The Kier molecular flexibility index (Phi) is 8.34. The lowest BCUT2D eigenvalue weighted by molar-refractivity contribution is -0.139. The molecule has 2 N–H and O–H groups in total. The highest BCUT2D eigenvalue weighted by Gasteiger charge is 2.38. The van der Waals surface area contributed by atoms with Gasteiger partial charge in [-0.05, 0) is 82.2 Å². The van der Waals surface area contributed by atoms with Gasteiger partial charge in [0.05, 0.1) is 15.7 Å². The molecule has 0 radical (unpaired) electrons. The predicted molar refractivity (Wildman–Crippen MR) is 135 cm³/mol. The summed E-state index contributed by atoms with van der Waals surface area (Å²) in [5.74, 6) is -1.11. The maximum absolute atomic E-state index is 13.8. The second-order valence-corrected chi connectivity index (χ2v) is 9.13. The third kappa shape index (κ3) is 6.65. The molecule has 3 aromatic carbocycles. The highest BCUT2D eigenvalue weighted by atomic mass is 127. The number of rotatable bonds is 5. The Bertz CT molecular complexity index is 1260. The van der Waals surface area contributed by atoms with Crippen LogP contribution in [0.1, 0.15) is 31.8 Å². The summed E-state index contributed by atoms with van der Waals surface area (Å²) in [6.45, 7) is 0. The summed E-state index contributed by atoms with van der Waals surface area (Å²) in [5, 5.41) is 4.89. The zero-order valence-electron chi connectivity index (χ0n) is 17.3. The molecule has 0 aliphatic carbocycles. The second kappa shape index (κ2) is 10.7. The van der Waals surface area contributed by atoms with E-state index in [4.69, 9.17) is 0 Å². The third-order valence-corrected chi connectivity index (χ3v) is 5.85. The Morgan fingerprint density at radius 3 is 1.71 bits per heavy atom. The zero-order valence-corrected chi connectivity index (χ0v) is 21.6. The molecule has 0 unspecified atom stereocenters. The van der Waals surface area contributed by atoms with Gasteiger partial charge in [0.2, 0.25) is 0 Å². The van der Waals surface area contributed by atoms with Crippen LogP contribution in [0.25, 0.3) is 11.1 Å². The third-order valence-electron chi connectivity index (χ3n) is 4.80. The van der Waals surface area contributed by atoms with Gasteiger partial charge in [0.1, 0.15) is 0 Å². The monoisotopic (exact) mass is 718 g/mol. The number of alkyl halides is 7. The lowest BCUT2D eigenvalue weighted by Gasteiger charge is -2.19. The van der Waals surface area contributed by atoms with Crippen LogP contribution in [0.15, 0.2) is 60.7 Å². The van der Waals surface area contributed by atoms with Crippen molar-refractivity contribution in [1.82, 2.24) is 5.32 Å². The first-order valence-electron chi connectivity index (χ1n) is 9.65. The summed E-state index contributed by atoms with van der Waals surface area (Å²) < 4.78 is 82.7. The van der Waals surface area contributed by atoms with E-state index >= 15 is 0 Å². The fourth-order valence-corrected chi connectivity index (χ4v) is 4.05. The number of nitrogens with one attached hydrogen (secondary N) is 2. The SMILES string of the molecule is O=C(NCI)c1ccc(C(=O)Nc2ccc(-c3ccc(I)cc3C(F)(F)F)c(C(F)(F)F)c2)cc1. The van der Waals surface area contributed by atoms with Crippen LogP contribution in [-0.2, 0) is 12.4 Å². The van der Waals surface area contributed by atoms with Crippen LogP contribution in [0.3, 0.4) is 0 Å². The normalized spacial score (nSPS) is 11.8. The molecule has 35 heavy (non-hydrogen) atoms. The fourth-order valence-electron chi connectivity index (χ4n) is 3.22. The van der Waals surface area contributed by atoms with Gasteiger partial charge >= 0.3 is 12.4 Å². The van der Waals surface area contributed by atoms with E-state index in [1.807, 2.05) is 22.6 Å². The smallest absolute Gasteiger partial charge is 0.343 e. The minimum absolute atomic E-state index is 0.0747. The molecule has 0 aliphatic heterocycles. The summed E-state index contributed by atoms with van der Waals surface area (Å²) in [4.78, 5) is 24.3. The largest absolute Gasteiger partial charge is 0.417 e. The van der Waals surface area contributed by atoms with Crippen molar-refractivity contribution in [3.8, 4) is 11.1 Å². The molecule has 0 spiro atoms. The Morgan fingerprint density at radius 2 is 1.20 bits per heavy atom. The summed E-state index contributed by atoms with van der Waals surface area (Å²) in [5.41, 5.74) is -3.69. The summed E-state index contributed by atoms with van der Waals surface area (Å²) in [6.07, 6.45) is -9.86. The average Bonchev–Trinajstić information content (AvgIpc) is 2.78. The van der Waals surface area contributed by atoms with Gasteiger partial charge in [0.15, 0.2) is 0 Å². The molecule has 0 aromatic heterocycles. The van der Waals surface area contributed by atoms with E-state index in [0.29, 0.717) is 16.2 Å². The number of benzene rings is 3. The van der Waals surface area contributed by atoms with Crippen LogP contribution >= 0.6 is 45.2 Å². The first kappa shape index (κ1) is 27.2. The Labute approximate surface area is 222 Å². The van der Waals surface area contributed by atoms with Gasteiger partial charge in [-0.1, -0.05) is 34.7 Å². The van der Waals surface area contributed by atoms with E-state index in [0.717, 1.165) is 24.3 Å². The molecule has 0 heterocycles. The van der Waals surface area contributed by atoms with Crippen molar-refractivity contribution >= 4 is 62.7 Å². The van der Waals surface area contributed by atoms with Gasteiger partial charge in [-0.2, -0.15) is 26.3 Å². The van der Waals surface area contributed by atoms with Gasteiger partial charge < -0.3 is 10.6 Å². The number of hydrogen-bond donors (Lipinski definition) is 2. The van der Waals surface area contributed by atoms with Crippen molar-refractivity contribution in [3.63, 3.8) is 0 Å². The molecule has 184 valence electrons. The molecule has 0 aliphatic rings. The first-order valence-corrected chi connectivity index (χ1v) is 12.3. The molecule has 12 heteroatoms. The lowest BCUT2D eigenvalue weighted by atomic mass is 9.94. The van der Waals surface area contributed by atoms with Crippen LogP contribution in [0, 0.1) is 3.57 Å². The average molecular weight is 718 g/mol. The van der Waals surface area contributed by atoms with Crippen molar-refractivity contribution in [2.75, 3.05) is 9.87 Å². The van der Waals surface area contributed by atoms with Crippen LogP contribution in [0.5, 0.6) is 0 Å². The van der Waals surface area contributed by atoms with E-state index in [1.54, 1.807) is 22.6 Å². The number of carbonyl (C=O) groups excluding carboxylic acids is 2. The first-order chi connectivity index (χ1) is 16.3. The van der Waals surface area contributed by atoms with Crippen molar-refractivity contribution in [1.29, 1.82) is 0 Å². The highest BCUT2D eigenvalue weighted by Crippen LogP contribution is 2.44. The van der Waals surface area contributed by atoms with Crippen molar-refractivity contribution < 1.29 is 35.9 Å². The van der Waals surface area contributed by atoms with E-state index in [1.165, 1.54) is 30.3 Å². The Balaban J connectivity index is 1.96. The molecular formula is C23H14F6I2N2O2.